The van der Waals surface area contributed by atoms with E-state index in [0.717, 1.165) is 24.1 Å². The summed E-state index contributed by atoms with van der Waals surface area (Å²) in [5.41, 5.74) is 9.91. The minimum atomic E-state index is 0.430. The molecule has 0 aliphatic rings. The molecule has 0 aromatic heterocycles. The van der Waals surface area contributed by atoms with Crippen LogP contribution in [0.1, 0.15) is 31.7 Å². The molecule has 1 N–H and O–H groups in total. The van der Waals surface area contributed by atoms with Gasteiger partial charge < -0.3 is 4.90 Å². The van der Waals surface area contributed by atoms with Crippen LogP contribution in [0.15, 0.2) is 23.3 Å². The Morgan fingerprint density at radius 3 is 2.35 bits per heavy atom. The predicted molar refractivity (Wildman–Crippen MR) is 77.9 cm³/mol. The average molecular weight is 269 g/mol. The van der Waals surface area contributed by atoms with Crippen LogP contribution < -0.4 is 4.90 Å². The van der Waals surface area contributed by atoms with Gasteiger partial charge in [-0.15, -0.1) is 0 Å². The van der Waals surface area contributed by atoms with E-state index in [1.807, 2.05) is 23.1 Å². The Kier molecular flexibility index (Phi) is 6.78. The minimum Gasteiger partial charge on any atom is -0.369 e. The normalized spacial score (nSPS) is 9.55. The zero-order chi connectivity index (χ0) is 14.8. The Labute approximate surface area is 119 Å². The summed E-state index contributed by atoms with van der Waals surface area (Å²) in [5, 5.41) is 21.0. The van der Waals surface area contributed by atoms with Gasteiger partial charge in [0.1, 0.15) is 0 Å². The maximum atomic E-state index is 8.73. The lowest BCUT2D eigenvalue weighted by Crippen LogP contribution is -2.25. The monoisotopic (exact) mass is 269 g/mol. The van der Waals surface area contributed by atoms with Crippen LogP contribution >= 0.6 is 0 Å². The zero-order valence-corrected chi connectivity index (χ0v) is 11.8. The van der Waals surface area contributed by atoms with E-state index in [0.29, 0.717) is 31.6 Å². The van der Waals surface area contributed by atoms with E-state index >= 15 is 0 Å². The molecule has 20 heavy (non-hydrogen) atoms. The number of rotatable bonds is 8. The molecule has 1 rings (SSSR count). The van der Waals surface area contributed by atoms with Gasteiger partial charge in [-0.1, -0.05) is 13.3 Å². The summed E-state index contributed by atoms with van der Waals surface area (Å²) in [6.45, 7) is 3.31. The van der Waals surface area contributed by atoms with Crippen molar-refractivity contribution in [1.29, 1.82) is 16.1 Å². The van der Waals surface area contributed by atoms with E-state index in [4.69, 9.17) is 16.1 Å². The molecule has 0 saturated carbocycles. The van der Waals surface area contributed by atoms with E-state index < -0.39 is 0 Å². The van der Waals surface area contributed by atoms with Crippen LogP contribution in [-0.2, 0) is 6.42 Å². The molecule has 0 amide bonds. The van der Waals surface area contributed by atoms with E-state index in [1.54, 1.807) is 0 Å². The van der Waals surface area contributed by atoms with E-state index in [1.165, 1.54) is 0 Å². The maximum Gasteiger partial charge on any atom is 0.0883 e. The maximum absolute atomic E-state index is 8.73. The molecule has 0 heterocycles. The molecule has 0 aliphatic carbocycles. The molecule has 5 nitrogen and oxygen atoms in total. The highest BCUT2D eigenvalue weighted by Gasteiger charge is 2.09. The number of nitrogens with zero attached hydrogens (tertiary/aromatic N) is 4. The summed E-state index contributed by atoms with van der Waals surface area (Å²) in [7, 11) is 0. The highest BCUT2D eigenvalue weighted by Crippen LogP contribution is 2.26. The lowest BCUT2D eigenvalue weighted by molar-refractivity contribution is 0.794. The summed E-state index contributed by atoms with van der Waals surface area (Å²) in [6, 6.07) is 10.0. The van der Waals surface area contributed by atoms with Crippen molar-refractivity contribution in [2.45, 2.75) is 32.6 Å². The Bertz CT molecular complexity index is 506. The minimum absolute atomic E-state index is 0.430. The number of hydrogen-bond acceptors (Lipinski definition) is 5. The lowest BCUT2D eigenvalue weighted by atomic mass is 10.1. The molecule has 0 radical (unpaired) electrons. The fourth-order valence-electron chi connectivity index (χ4n) is 2.09. The first-order chi connectivity index (χ1) is 9.76. The van der Waals surface area contributed by atoms with Gasteiger partial charge in [0.25, 0.3) is 0 Å². The third kappa shape index (κ3) is 4.37. The largest absolute Gasteiger partial charge is 0.369 e. The van der Waals surface area contributed by atoms with Crippen LogP contribution in [0.4, 0.5) is 11.4 Å². The van der Waals surface area contributed by atoms with Crippen LogP contribution in [0.5, 0.6) is 0 Å². The van der Waals surface area contributed by atoms with Crippen LogP contribution in [-0.4, -0.2) is 13.1 Å². The lowest BCUT2D eigenvalue weighted by Gasteiger charge is -2.23. The van der Waals surface area contributed by atoms with Gasteiger partial charge in [0.05, 0.1) is 30.7 Å². The third-order valence-electron chi connectivity index (χ3n) is 3.06. The van der Waals surface area contributed by atoms with Crippen molar-refractivity contribution in [2.24, 2.45) is 5.11 Å². The van der Waals surface area contributed by atoms with Gasteiger partial charge in [0, 0.05) is 18.8 Å². The third-order valence-corrected chi connectivity index (χ3v) is 3.06. The first-order valence-corrected chi connectivity index (χ1v) is 6.76. The Hall–Kier alpha value is -2.40. The van der Waals surface area contributed by atoms with Crippen molar-refractivity contribution in [2.75, 3.05) is 18.0 Å². The Balaban J connectivity index is 3.00. The van der Waals surface area contributed by atoms with Gasteiger partial charge in [-0.25, -0.2) is 5.53 Å². The topological polar surface area (TPSA) is 87.0 Å². The molecule has 0 aliphatic heterocycles. The molecule has 0 unspecified atom stereocenters. The molecule has 1 aromatic rings. The van der Waals surface area contributed by atoms with Crippen molar-refractivity contribution in [3.63, 3.8) is 0 Å². The summed E-state index contributed by atoms with van der Waals surface area (Å²) in [4.78, 5) is 2.04. The number of nitrogens with one attached hydrogen (secondary N) is 1. The van der Waals surface area contributed by atoms with Gasteiger partial charge in [-0.3, -0.25) is 0 Å². The van der Waals surface area contributed by atoms with Gasteiger partial charge in [-0.05, 0) is 30.2 Å². The smallest absolute Gasteiger partial charge is 0.0883 e. The fourth-order valence-corrected chi connectivity index (χ4v) is 2.09. The van der Waals surface area contributed by atoms with Crippen molar-refractivity contribution < 1.29 is 0 Å². The molecule has 0 saturated heterocycles. The van der Waals surface area contributed by atoms with E-state index in [-0.39, 0.29) is 0 Å². The van der Waals surface area contributed by atoms with Crippen molar-refractivity contribution >= 4 is 11.4 Å². The van der Waals surface area contributed by atoms with E-state index in [2.05, 4.69) is 24.2 Å². The second kappa shape index (κ2) is 8.66. The molecular formula is C15H19N5. The van der Waals surface area contributed by atoms with Crippen LogP contribution in [0.25, 0.3) is 0 Å². The van der Waals surface area contributed by atoms with Crippen molar-refractivity contribution in [3.8, 4) is 12.1 Å². The van der Waals surface area contributed by atoms with Crippen molar-refractivity contribution in [3.05, 3.63) is 23.8 Å². The summed E-state index contributed by atoms with van der Waals surface area (Å²) in [6.07, 6.45) is 2.72. The standard InChI is InChI=1S/C15H19N5/c1-2-5-13-12-14(6-7-15(13)19-18)20(10-3-8-16)11-4-9-17/h6-7,12,18H,2-5,10-11H2,1H3. The SMILES string of the molecule is CCCc1cc(N(CCC#N)CCC#N)ccc1N=N. The highest BCUT2D eigenvalue weighted by molar-refractivity contribution is 5.58. The molecule has 1 aromatic carbocycles. The average Bonchev–Trinajstić information content (AvgIpc) is 2.48. The van der Waals surface area contributed by atoms with Crippen LogP contribution in [0.2, 0.25) is 0 Å². The molecule has 0 bridgehead atoms. The quantitative estimate of drug-likeness (QED) is 0.725. The summed E-state index contributed by atoms with van der Waals surface area (Å²) >= 11 is 0. The number of anilines is 1. The molecule has 0 atom stereocenters. The second-order valence-corrected chi connectivity index (χ2v) is 4.48. The van der Waals surface area contributed by atoms with Crippen LogP contribution in [0, 0.1) is 28.2 Å². The van der Waals surface area contributed by atoms with Gasteiger partial charge >= 0.3 is 0 Å². The van der Waals surface area contributed by atoms with Crippen molar-refractivity contribution in [1.82, 2.24) is 0 Å². The van der Waals surface area contributed by atoms with Gasteiger partial charge in [-0.2, -0.15) is 15.6 Å². The van der Waals surface area contributed by atoms with Gasteiger partial charge in [0.2, 0.25) is 0 Å². The zero-order valence-electron chi connectivity index (χ0n) is 11.8. The molecular weight excluding hydrogens is 250 g/mol. The Morgan fingerprint density at radius 2 is 1.85 bits per heavy atom. The number of benzene rings is 1. The van der Waals surface area contributed by atoms with Crippen LogP contribution in [0.3, 0.4) is 0 Å². The number of hydrogen-bond donors (Lipinski definition) is 1. The molecule has 0 fully saturated rings. The van der Waals surface area contributed by atoms with Gasteiger partial charge in [0.15, 0.2) is 0 Å². The first-order valence-electron chi connectivity index (χ1n) is 6.76. The predicted octanol–water partition coefficient (Wildman–Crippen LogP) is 3.94. The van der Waals surface area contributed by atoms with E-state index in [9.17, 15) is 0 Å². The highest BCUT2D eigenvalue weighted by atomic mass is 15.1. The number of nitriles is 2. The Morgan fingerprint density at radius 1 is 1.20 bits per heavy atom. The number of aryl methyl sites for hydroxylation is 1. The first kappa shape index (κ1) is 15.7. The summed E-state index contributed by atoms with van der Waals surface area (Å²) in [5.74, 6) is 0. The molecule has 5 heteroatoms. The second-order valence-electron chi connectivity index (χ2n) is 4.48. The summed E-state index contributed by atoms with van der Waals surface area (Å²) < 4.78 is 0. The molecule has 104 valence electrons. The molecule has 0 spiro atoms. The fraction of sp³-hybridized carbons (Fsp3) is 0.467.